The van der Waals surface area contributed by atoms with E-state index in [1.807, 2.05) is 62.3 Å². The largest absolute Gasteiger partial charge is 0.378 e. The molecule has 0 radical (unpaired) electrons. The molecule has 2 amide bonds. The Morgan fingerprint density at radius 2 is 1.45 bits per heavy atom. The second kappa shape index (κ2) is 9.29. The molecule has 2 unspecified atom stereocenters. The van der Waals surface area contributed by atoms with Gasteiger partial charge in [0.1, 0.15) is 5.37 Å². The van der Waals surface area contributed by atoms with Crippen molar-refractivity contribution in [1.82, 2.24) is 10.4 Å². The fourth-order valence-electron chi connectivity index (χ4n) is 3.88. The SMILES string of the molecule is CC1SC(c2ccc(N(C)C)cc2)N(NC(=O)C(O)(c2ccccc2)c2ccccc2)C1=O. The summed E-state index contributed by atoms with van der Waals surface area (Å²) in [5, 5.41) is 12.3. The van der Waals surface area contributed by atoms with E-state index in [0.717, 1.165) is 11.3 Å². The van der Waals surface area contributed by atoms with Crippen molar-refractivity contribution in [3.63, 3.8) is 0 Å². The van der Waals surface area contributed by atoms with Crippen molar-refractivity contribution in [2.24, 2.45) is 0 Å². The van der Waals surface area contributed by atoms with E-state index >= 15 is 0 Å². The normalized spacial score (nSPS) is 18.3. The molecule has 0 aromatic heterocycles. The Kier molecular flexibility index (Phi) is 6.44. The van der Waals surface area contributed by atoms with Gasteiger partial charge in [-0.05, 0) is 35.7 Å². The molecule has 1 saturated heterocycles. The quantitative estimate of drug-likeness (QED) is 0.586. The standard InChI is InChI=1S/C26H27N3O3S/c1-18-23(30)29(24(33-18)19-14-16-22(17-15-19)28(2)3)27-25(31)26(32,20-10-6-4-7-11-20)21-12-8-5-9-13-21/h4-18,24,32H,1-3H3,(H,27,31). The van der Waals surface area contributed by atoms with Crippen LogP contribution in [0.5, 0.6) is 0 Å². The Morgan fingerprint density at radius 1 is 0.939 bits per heavy atom. The zero-order valence-corrected chi connectivity index (χ0v) is 19.6. The van der Waals surface area contributed by atoms with E-state index in [0.29, 0.717) is 11.1 Å². The number of carbonyl (C=O) groups is 2. The summed E-state index contributed by atoms with van der Waals surface area (Å²) in [7, 11) is 3.93. The monoisotopic (exact) mass is 461 g/mol. The van der Waals surface area contributed by atoms with Crippen molar-refractivity contribution in [2.75, 3.05) is 19.0 Å². The Hall–Kier alpha value is -3.29. The van der Waals surface area contributed by atoms with Crippen LogP contribution in [0, 0.1) is 0 Å². The van der Waals surface area contributed by atoms with Crippen molar-refractivity contribution in [3.05, 3.63) is 102 Å². The van der Waals surface area contributed by atoms with Crippen molar-refractivity contribution >= 4 is 29.3 Å². The highest BCUT2D eigenvalue weighted by atomic mass is 32.2. The van der Waals surface area contributed by atoms with Gasteiger partial charge in [-0.1, -0.05) is 72.8 Å². The van der Waals surface area contributed by atoms with E-state index in [1.165, 1.54) is 16.8 Å². The molecule has 3 aromatic carbocycles. The first-order chi connectivity index (χ1) is 15.8. The third-order valence-corrected chi connectivity index (χ3v) is 7.13. The van der Waals surface area contributed by atoms with Gasteiger partial charge >= 0.3 is 0 Å². The molecule has 2 N–H and O–H groups in total. The number of thioether (sulfide) groups is 1. The fourth-order valence-corrected chi connectivity index (χ4v) is 5.09. The summed E-state index contributed by atoms with van der Waals surface area (Å²) < 4.78 is 0. The topological polar surface area (TPSA) is 72.9 Å². The lowest BCUT2D eigenvalue weighted by Gasteiger charge is -2.32. The van der Waals surface area contributed by atoms with Crippen LogP contribution in [-0.4, -0.2) is 41.3 Å². The van der Waals surface area contributed by atoms with E-state index < -0.39 is 16.9 Å². The molecule has 0 saturated carbocycles. The predicted molar refractivity (Wildman–Crippen MR) is 131 cm³/mol. The second-order valence-corrected chi connectivity index (χ2v) is 9.63. The number of hydrazine groups is 1. The predicted octanol–water partition coefficient (Wildman–Crippen LogP) is 3.68. The van der Waals surface area contributed by atoms with Gasteiger partial charge in [-0.25, -0.2) is 5.01 Å². The molecule has 3 aromatic rings. The maximum absolute atomic E-state index is 13.6. The molecule has 170 valence electrons. The number of nitrogens with zero attached hydrogens (tertiary/aromatic N) is 2. The maximum atomic E-state index is 13.6. The van der Waals surface area contributed by atoms with Crippen LogP contribution in [0.15, 0.2) is 84.9 Å². The van der Waals surface area contributed by atoms with Gasteiger partial charge in [0.05, 0.1) is 5.25 Å². The Balaban J connectivity index is 1.68. The molecule has 1 aliphatic heterocycles. The minimum absolute atomic E-state index is 0.210. The number of hydrogen-bond donors (Lipinski definition) is 2. The van der Waals surface area contributed by atoms with Crippen molar-refractivity contribution in [2.45, 2.75) is 23.1 Å². The molecule has 33 heavy (non-hydrogen) atoms. The molecule has 1 aliphatic rings. The highest BCUT2D eigenvalue weighted by Gasteiger charge is 2.45. The molecule has 2 atom stereocenters. The number of amides is 2. The van der Waals surface area contributed by atoms with E-state index in [-0.39, 0.29) is 11.2 Å². The van der Waals surface area contributed by atoms with Gasteiger partial charge in [0.15, 0.2) is 5.60 Å². The van der Waals surface area contributed by atoms with Crippen molar-refractivity contribution in [1.29, 1.82) is 0 Å². The fraction of sp³-hybridized carbons (Fsp3) is 0.231. The smallest absolute Gasteiger partial charge is 0.279 e. The molecular weight excluding hydrogens is 434 g/mol. The lowest BCUT2D eigenvalue weighted by atomic mass is 9.85. The molecule has 0 bridgehead atoms. The van der Waals surface area contributed by atoms with Crippen LogP contribution in [-0.2, 0) is 15.2 Å². The molecule has 0 spiro atoms. The van der Waals surface area contributed by atoms with Gasteiger partial charge in [0.25, 0.3) is 11.8 Å². The molecule has 6 nitrogen and oxygen atoms in total. The van der Waals surface area contributed by atoms with Gasteiger partial charge in [-0.3, -0.25) is 15.0 Å². The van der Waals surface area contributed by atoms with Gasteiger partial charge in [0.2, 0.25) is 0 Å². The van der Waals surface area contributed by atoms with Crippen LogP contribution in [0.3, 0.4) is 0 Å². The average molecular weight is 462 g/mol. The zero-order chi connectivity index (χ0) is 23.6. The summed E-state index contributed by atoms with van der Waals surface area (Å²) in [5.74, 6) is -0.892. The molecular formula is C26H27N3O3S. The number of rotatable bonds is 6. The molecule has 4 rings (SSSR count). The highest BCUT2D eigenvalue weighted by Crippen LogP contribution is 2.42. The van der Waals surface area contributed by atoms with Crippen LogP contribution in [0.1, 0.15) is 29.0 Å². The number of nitrogens with one attached hydrogen (secondary N) is 1. The van der Waals surface area contributed by atoms with Gasteiger partial charge in [0, 0.05) is 19.8 Å². The van der Waals surface area contributed by atoms with Crippen molar-refractivity contribution < 1.29 is 14.7 Å². The minimum atomic E-state index is -1.96. The zero-order valence-electron chi connectivity index (χ0n) is 18.8. The summed E-state index contributed by atoms with van der Waals surface area (Å²) in [6.45, 7) is 1.82. The number of carbonyl (C=O) groups excluding carboxylic acids is 2. The van der Waals surface area contributed by atoms with E-state index in [2.05, 4.69) is 5.43 Å². The lowest BCUT2D eigenvalue weighted by Crippen LogP contribution is -2.53. The molecule has 1 fully saturated rings. The summed E-state index contributed by atoms with van der Waals surface area (Å²) in [5.41, 5.74) is 3.57. The molecule has 7 heteroatoms. The van der Waals surface area contributed by atoms with Crippen molar-refractivity contribution in [3.8, 4) is 0 Å². The number of hydrogen-bond acceptors (Lipinski definition) is 5. The Morgan fingerprint density at radius 3 is 1.94 bits per heavy atom. The lowest BCUT2D eigenvalue weighted by molar-refractivity contribution is -0.149. The van der Waals surface area contributed by atoms with Gasteiger partial charge < -0.3 is 10.0 Å². The first-order valence-electron chi connectivity index (χ1n) is 10.7. The highest BCUT2D eigenvalue weighted by molar-refractivity contribution is 8.01. The van der Waals surface area contributed by atoms with Crippen LogP contribution in [0.4, 0.5) is 5.69 Å². The van der Waals surface area contributed by atoms with E-state index in [9.17, 15) is 14.7 Å². The summed E-state index contributed by atoms with van der Waals surface area (Å²) in [6, 6.07) is 25.4. The summed E-state index contributed by atoms with van der Waals surface area (Å²) in [4.78, 5) is 28.6. The van der Waals surface area contributed by atoms with Crippen LogP contribution in [0.2, 0.25) is 0 Å². The first-order valence-corrected chi connectivity index (χ1v) is 11.7. The first kappa shape index (κ1) is 22.9. The number of anilines is 1. The van der Waals surface area contributed by atoms with Gasteiger partial charge in [-0.2, -0.15) is 0 Å². The number of aliphatic hydroxyl groups is 1. The van der Waals surface area contributed by atoms with Crippen LogP contribution in [0.25, 0.3) is 0 Å². The van der Waals surface area contributed by atoms with Gasteiger partial charge in [-0.15, -0.1) is 11.8 Å². The Labute approximate surface area is 198 Å². The molecule has 1 heterocycles. The average Bonchev–Trinajstić information content (AvgIpc) is 3.13. The Bertz CT molecular complexity index is 1080. The third kappa shape index (κ3) is 4.34. The maximum Gasteiger partial charge on any atom is 0.279 e. The third-order valence-electron chi connectivity index (χ3n) is 5.78. The molecule has 0 aliphatic carbocycles. The van der Waals surface area contributed by atoms with E-state index in [1.54, 1.807) is 48.5 Å². The summed E-state index contributed by atoms with van der Waals surface area (Å²) >= 11 is 1.46. The van der Waals surface area contributed by atoms with E-state index in [4.69, 9.17) is 0 Å². The summed E-state index contributed by atoms with van der Waals surface area (Å²) in [6.07, 6.45) is 0. The van der Waals surface area contributed by atoms with Crippen LogP contribution < -0.4 is 10.3 Å². The minimum Gasteiger partial charge on any atom is -0.378 e. The van der Waals surface area contributed by atoms with Crippen LogP contribution >= 0.6 is 11.8 Å². The number of benzene rings is 3. The second-order valence-electron chi connectivity index (χ2n) is 8.21.